The Morgan fingerprint density at radius 2 is 1.08 bits per heavy atom. The molecule has 0 saturated carbocycles. The van der Waals surface area contributed by atoms with Crippen molar-refractivity contribution in [2.24, 2.45) is 23.5 Å². The van der Waals surface area contributed by atoms with Gasteiger partial charge in [-0.2, -0.15) is 0 Å². The minimum atomic E-state index is -1.90. The molecule has 132 heavy (non-hydrogen) atoms. The van der Waals surface area contributed by atoms with Gasteiger partial charge in [0, 0.05) is 102 Å². The summed E-state index contributed by atoms with van der Waals surface area (Å²) in [4.78, 5) is 253. The van der Waals surface area contributed by atoms with Crippen molar-refractivity contribution in [3.05, 3.63) is 102 Å². The van der Waals surface area contributed by atoms with Crippen molar-refractivity contribution < 1.29 is 116 Å². The number of aliphatic hydroxyl groups excluding tert-OH is 1. The highest BCUT2D eigenvalue weighted by Crippen LogP contribution is 2.26. The molecule has 0 radical (unpaired) electrons. The van der Waals surface area contributed by atoms with Crippen LogP contribution in [0.2, 0.25) is 0 Å². The number of para-hydroxylation sites is 2. The Morgan fingerprint density at radius 1 is 0.545 bits per heavy atom. The zero-order valence-electron chi connectivity index (χ0n) is 74.4. The van der Waals surface area contributed by atoms with Crippen LogP contribution in [0.4, 0.5) is 0 Å². The monoisotopic (exact) mass is 1880 g/mol. The van der Waals surface area contributed by atoms with Crippen LogP contribution < -0.4 is 80.2 Å². The average Bonchev–Trinajstić information content (AvgIpc) is 1.66. The van der Waals surface area contributed by atoms with Crippen molar-refractivity contribution in [1.82, 2.24) is 110 Å². The summed E-state index contributed by atoms with van der Waals surface area (Å²) in [5, 5.41) is 77.6. The van der Waals surface area contributed by atoms with Crippen molar-refractivity contribution in [2.75, 3.05) is 77.5 Å². The molecule has 1 saturated heterocycles. The Hall–Kier alpha value is -12.6. The third-order valence-corrected chi connectivity index (χ3v) is 22.8. The van der Waals surface area contributed by atoms with Crippen LogP contribution in [0.25, 0.3) is 21.8 Å². The number of carbonyl (C=O) groups excluding carboxylic acids is 15. The number of aliphatic carboxylic acids is 2. The standard InChI is InChI=1S/C84H120N22O24S2/c1-44(2)29-58-75(117)90-40-68(110)94-57(17-18-69(111)112)76(118)98-59(30-45(3)4)81(123)103-71(46(5)6)84(126)100-61(32-50-37-89-56-16-12-10-14-54(50)56)78(120)102-65(83(125)104-72(48(8)107)73(85)115)42-132-131-41-64(101-80(122)63(35-70(113)114)95-66(108)19-21-127-23-25-129-27-28-130-26-24-128-22-20-87-67(109)34-52-39-92-106-105-52)82(124)93-47(7)74(116)96-60(31-49-36-88-55-15-11-9-13-53(49)55)77(119)99-62(79(121)97-58)33-51-38-86-43-91-51/h9-16,36-39,43-48,57-65,71-72,88-89,107H,17-35,40-42H2,1-8H3,(H2,85,115)(H,86,91)(H,87,109)(H,90,117)(H,93,124)(H,94,110)(H,95,108)(H,96,116)(H,97,121)(H,98,118)(H,99,119)(H,100,126)(H,101,122)(H,102,120)(H,103,123)(H,104,125)(H,111,112)(H,113,114)(H,92,105,106)/t47-,48+,57-,58-,59-,60-,61-,62-,63?,64-,65-,71-,72-/m0/s1. The van der Waals surface area contributed by atoms with Crippen LogP contribution in [0, 0.1) is 17.8 Å². The number of primary amides is 1. The van der Waals surface area contributed by atoms with Gasteiger partial charge < -0.3 is 129 Å². The normalized spacial score (nSPS) is 21.0. The van der Waals surface area contributed by atoms with E-state index in [1.165, 1.54) is 25.6 Å². The first-order chi connectivity index (χ1) is 62.9. The molecule has 7 rings (SSSR count). The van der Waals surface area contributed by atoms with Crippen LogP contribution in [0.5, 0.6) is 0 Å². The summed E-state index contributed by atoms with van der Waals surface area (Å²) in [6.45, 7) is 12.6. The Balaban J connectivity index is 1.21. The van der Waals surface area contributed by atoms with E-state index in [0.29, 0.717) is 44.3 Å². The summed E-state index contributed by atoms with van der Waals surface area (Å²) in [5.41, 5.74) is 8.57. The van der Waals surface area contributed by atoms with Gasteiger partial charge in [-0.3, -0.25) is 86.6 Å². The largest absolute Gasteiger partial charge is 0.481 e. The maximum Gasteiger partial charge on any atom is 0.305 e. The van der Waals surface area contributed by atoms with E-state index >= 15 is 19.2 Å². The lowest BCUT2D eigenvalue weighted by atomic mass is 9.98. The molecule has 4 aromatic heterocycles. The zero-order valence-corrected chi connectivity index (χ0v) is 76.1. The first-order valence-corrected chi connectivity index (χ1v) is 45.5. The number of rotatable bonds is 40. The fourth-order valence-electron chi connectivity index (χ4n) is 13.5. The Bertz CT molecular complexity index is 4860. The summed E-state index contributed by atoms with van der Waals surface area (Å²) >= 11 is 0. The van der Waals surface area contributed by atoms with E-state index in [4.69, 9.17) is 24.7 Å². The number of benzene rings is 2. The second-order valence-corrected chi connectivity index (χ2v) is 35.0. The molecule has 1 aliphatic heterocycles. The third kappa shape index (κ3) is 36.6. The number of amides is 15. The first kappa shape index (κ1) is 106. The molecule has 0 spiro atoms. The number of nitrogens with one attached hydrogen (secondary N) is 18. The maximum atomic E-state index is 15.3. The van der Waals surface area contributed by atoms with Gasteiger partial charge in [-0.05, 0) is 74.1 Å². The average molecular weight is 1890 g/mol. The number of carboxylic acid groups (broad SMARTS) is 2. The van der Waals surface area contributed by atoms with Crippen molar-refractivity contribution in [3.8, 4) is 0 Å². The smallest absolute Gasteiger partial charge is 0.305 e. The zero-order chi connectivity index (χ0) is 96.5. The van der Waals surface area contributed by atoms with Crippen LogP contribution in [-0.2, 0) is 126 Å². The molecule has 0 bridgehead atoms. The number of carboxylic acids is 2. The summed E-state index contributed by atoms with van der Waals surface area (Å²) < 4.78 is 22.1. The molecule has 5 heterocycles. The molecule has 15 amide bonds. The molecular weight excluding hydrogens is 1770 g/mol. The fraction of sp³-hybridized carbons (Fsp3) is 0.548. The summed E-state index contributed by atoms with van der Waals surface area (Å²) in [7, 11) is 1.49. The third-order valence-electron chi connectivity index (χ3n) is 20.4. The topological polar surface area (TPSA) is 684 Å². The van der Waals surface area contributed by atoms with Gasteiger partial charge in [-0.15, -0.1) is 5.10 Å². The Morgan fingerprint density at radius 3 is 1.62 bits per heavy atom. The number of hydrogen-bond donors (Lipinski definition) is 22. The van der Waals surface area contributed by atoms with E-state index < -0.39 is 223 Å². The van der Waals surface area contributed by atoms with Crippen LogP contribution in [0.15, 0.2) is 79.6 Å². The number of aromatic amines is 4. The molecule has 1 aliphatic rings. The van der Waals surface area contributed by atoms with Gasteiger partial charge in [-0.1, -0.05) is 105 Å². The van der Waals surface area contributed by atoms with E-state index in [-0.39, 0.29) is 116 Å². The number of H-pyrrole nitrogens is 4. The van der Waals surface area contributed by atoms with Crippen LogP contribution in [0.1, 0.15) is 116 Å². The predicted molar refractivity (Wildman–Crippen MR) is 478 cm³/mol. The molecule has 23 N–H and O–H groups in total. The molecule has 0 aliphatic carbocycles. The lowest BCUT2D eigenvalue weighted by Crippen LogP contribution is -2.61. The number of nitrogens with two attached hydrogens (primary N) is 1. The highest BCUT2D eigenvalue weighted by molar-refractivity contribution is 8.76. The van der Waals surface area contributed by atoms with Crippen molar-refractivity contribution >= 4 is 144 Å². The van der Waals surface area contributed by atoms with E-state index in [9.17, 15) is 77.6 Å². The molecule has 48 heteroatoms. The number of hydrogen-bond acceptors (Lipinski definition) is 27. The number of aliphatic hydroxyl groups is 1. The number of carbonyl (C=O) groups is 17. The lowest BCUT2D eigenvalue weighted by molar-refractivity contribution is -0.141. The van der Waals surface area contributed by atoms with Gasteiger partial charge in [0.15, 0.2) is 0 Å². The summed E-state index contributed by atoms with van der Waals surface area (Å²) in [6.07, 6.45) is 1.90. The van der Waals surface area contributed by atoms with Crippen LogP contribution in [0.3, 0.4) is 0 Å². The van der Waals surface area contributed by atoms with Crippen molar-refractivity contribution in [1.29, 1.82) is 0 Å². The lowest BCUT2D eigenvalue weighted by Gasteiger charge is -2.29. The van der Waals surface area contributed by atoms with Gasteiger partial charge in [0.25, 0.3) is 0 Å². The second-order valence-electron chi connectivity index (χ2n) is 32.4. The number of nitrogens with zero attached hydrogens (tertiary/aromatic N) is 3. The SMILES string of the molecule is CC(C)C[C@@H]1NC(=O)[C@H](Cc2cnc[nH]2)NC(=O)[C@H](Cc2c[nH]c3ccccc23)NC(=O)[C@H](C)NC(=O)[C@@H](NC(=O)C(CC(=O)O)NC(=O)CCOCCOCCOCCOCCNC(=O)Cc2c[nH]nn2)CSSC[C@@H](C(=O)N[C@H](C(N)=O)[C@@H](C)O)NC(=O)[C@H](Cc2c[nH]c3ccccc23)NC(=O)[C@H](C(C)C)NC(=O)[C@H](CC(C)C)NC(=O)[C@H](CCC(=O)O)NC(=O)CNC1=O. The molecule has 722 valence electrons. The van der Waals surface area contributed by atoms with Gasteiger partial charge in [-0.25, -0.2) is 4.98 Å². The molecule has 2 aromatic carbocycles. The van der Waals surface area contributed by atoms with Crippen LogP contribution >= 0.6 is 21.6 Å². The van der Waals surface area contributed by atoms with E-state index in [0.717, 1.165) is 28.5 Å². The highest BCUT2D eigenvalue weighted by Gasteiger charge is 2.39. The molecule has 6 aromatic rings. The molecular formula is C84H120N22O24S2. The molecule has 1 fully saturated rings. The Kier molecular flexibility index (Phi) is 44.2. The molecule has 46 nitrogen and oxygen atoms in total. The summed E-state index contributed by atoms with van der Waals surface area (Å²) in [6, 6.07) is -6.16. The van der Waals surface area contributed by atoms with Gasteiger partial charge in [0.05, 0.1) is 90.4 Å². The fourth-order valence-corrected chi connectivity index (χ4v) is 15.8. The molecule has 1 unspecified atom stereocenters. The van der Waals surface area contributed by atoms with Gasteiger partial charge in [0.1, 0.15) is 72.5 Å². The number of aromatic nitrogens is 7. The summed E-state index contributed by atoms with van der Waals surface area (Å²) in [5.74, 6) is -20.4. The van der Waals surface area contributed by atoms with Gasteiger partial charge >= 0.3 is 11.9 Å². The quantitative estimate of drug-likeness (QED) is 0.0132. The minimum Gasteiger partial charge on any atom is -0.481 e. The first-order valence-electron chi connectivity index (χ1n) is 43.0. The van der Waals surface area contributed by atoms with Gasteiger partial charge in [0.2, 0.25) is 88.6 Å². The highest BCUT2D eigenvalue weighted by atomic mass is 33.1. The predicted octanol–water partition coefficient (Wildman–Crippen LogP) is -3.36. The minimum absolute atomic E-state index is 0.0111. The number of fused-ring (bicyclic) bond motifs is 2. The van der Waals surface area contributed by atoms with E-state index in [2.05, 4.69) is 110 Å². The number of imidazole rings is 1. The maximum absolute atomic E-state index is 15.3. The Labute approximate surface area is 767 Å². The van der Waals surface area contributed by atoms with Crippen molar-refractivity contribution in [3.63, 3.8) is 0 Å². The molecule has 13 atom stereocenters. The van der Waals surface area contributed by atoms with Crippen LogP contribution in [-0.4, -0.2) is 307 Å². The van der Waals surface area contributed by atoms with Crippen molar-refractivity contribution in [2.45, 2.75) is 198 Å². The van der Waals surface area contributed by atoms with E-state index in [1.54, 1.807) is 102 Å². The second kappa shape index (κ2) is 54.9. The number of ether oxygens (including phenoxy) is 4. The van der Waals surface area contributed by atoms with E-state index in [1.807, 2.05) is 0 Å².